The summed E-state index contributed by atoms with van der Waals surface area (Å²) in [6, 6.07) is 17.4. The summed E-state index contributed by atoms with van der Waals surface area (Å²) < 4.78 is 10.7. The van der Waals surface area contributed by atoms with Crippen molar-refractivity contribution in [3.63, 3.8) is 0 Å². The second-order valence-electron chi connectivity index (χ2n) is 6.01. The van der Waals surface area contributed by atoms with Gasteiger partial charge < -0.3 is 14.6 Å². The molecule has 29 heavy (non-hydrogen) atoms. The van der Waals surface area contributed by atoms with Gasteiger partial charge in [0.2, 0.25) is 5.82 Å². The highest BCUT2D eigenvalue weighted by Gasteiger charge is 2.15. The van der Waals surface area contributed by atoms with Crippen molar-refractivity contribution in [3.05, 3.63) is 77.6 Å². The molecule has 0 unspecified atom stereocenters. The zero-order chi connectivity index (χ0) is 20.2. The first-order chi connectivity index (χ1) is 14.1. The van der Waals surface area contributed by atoms with Gasteiger partial charge in [-0.3, -0.25) is 9.78 Å². The summed E-state index contributed by atoms with van der Waals surface area (Å²) in [6.45, 7) is 0. The molecule has 4 rings (SSSR count). The molecule has 0 aliphatic carbocycles. The Balaban J connectivity index is 1.53. The van der Waals surface area contributed by atoms with E-state index in [4.69, 9.17) is 20.9 Å². The number of amides is 1. The van der Waals surface area contributed by atoms with Gasteiger partial charge in [0.15, 0.2) is 0 Å². The van der Waals surface area contributed by atoms with Crippen LogP contribution in [-0.4, -0.2) is 28.1 Å². The summed E-state index contributed by atoms with van der Waals surface area (Å²) in [5.41, 5.74) is 2.31. The number of methoxy groups -OCH3 is 1. The van der Waals surface area contributed by atoms with Crippen molar-refractivity contribution in [3.8, 4) is 28.6 Å². The zero-order valence-electron chi connectivity index (χ0n) is 15.3. The van der Waals surface area contributed by atoms with Crippen LogP contribution in [0.25, 0.3) is 22.8 Å². The third kappa shape index (κ3) is 4.09. The lowest BCUT2D eigenvalue weighted by Crippen LogP contribution is -2.13. The van der Waals surface area contributed by atoms with Crippen LogP contribution in [0.15, 0.2) is 71.4 Å². The van der Waals surface area contributed by atoms with Gasteiger partial charge in [-0.15, -0.1) is 0 Å². The molecule has 0 aliphatic heterocycles. The molecule has 0 bridgehead atoms. The fraction of sp³-hybridized carbons (Fsp3) is 0.0476. The smallest absolute Gasteiger partial charge is 0.274 e. The molecule has 0 aliphatic rings. The quantitative estimate of drug-likeness (QED) is 0.516. The second-order valence-corrected chi connectivity index (χ2v) is 6.45. The Hall–Kier alpha value is -3.71. The molecule has 7 nitrogen and oxygen atoms in total. The van der Waals surface area contributed by atoms with Gasteiger partial charge in [0, 0.05) is 22.5 Å². The van der Waals surface area contributed by atoms with Gasteiger partial charge in [-0.1, -0.05) is 22.8 Å². The van der Waals surface area contributed by atoms with Crippen LogP contribution in [-0.2, 0) is 0 Å². The van der Waals surface area contributed by atoms with E-state index in [1.165, 1.54) is 0 Å². The molecule has 2 aromatic carbocycles. The molecule has 1 N–H and O–H groups in total. The molecule has 2 aromatic heterocycles. The Morgan fingerprint density at radius 1 is 1.10 bits per heavy atom. The number of carbonyl (C=O) groups is 1. The SMILES string of the molecule is COc1ccc(Cl)cc1-c1nc(-c2ccc(NC(=O)c3ccccn3)cc2)no1. The monoisotopic (exact) mass is 406 g/mol. The summed E-state index contributed by atoms with van der Waals surface area (Å²) in [5, 5.41) is 7.35. The van der Waals surface area contributed by atoms with E-state index in [-0.39, 0.29) is 5.91 Å². The Kier molecular flexibility index (Phi) is 5.22. The van der Waals surface area contributed by atoms with E-state index >= 15 is 0 Å². The largest absolute Gasteiger partial charge is 0.496 e. The van der Waals surface area contributed by atoms with Crippen LogP contribution in [0.5, 0.6) is 5.75 Å². The first-order valence-corrected chi connectivity index (χ1v) is 9.02. The molecule has 0 saturated heterocycles. The maximum atomic E-state index is 12.2. The van der Waals surface area contributed by atoms with Gasteiger partial charge in [-0.2, -0.15) is 4.98 Å². The van der Waals surface area contributed by atoms with Crippen molar-refractivity contribution in [1.29, 1.82) is 0 Å². The lowest BCUT2D eigenvalue weighted by atomic mass is 10.2. The standard InChI is InChI=1S/C21H15ClN4O3/c1-28-18-10-7-14(22)12-16(18)21-25-19(26-29-21)13-5-8-15(9-6-13)24-20(27)17-4-2-3-11-23-17/h2-12H,1H3,(H,24,27). The summed E-state index contributed by atoms with van der Waals surface area (Å²) in [5.74, 6) is 1.00. The van der Waals surface area contributed by atoms with Crippen LogP contribution >= 0.6 is 11.6 Å². The van der Waals surface area contributed by atoms with Gasteiger partial charge in [0.1, 0.15) is 11.4 Å². The number of pyridine rings is 1. The third-order valence-corrected chi connectivity index (χ3v) is 4.35. The highest BCUT2D eigenvalue weighted by atomic mass is 35.5. The average Bonchev–Trinajstić information content (AvgIpc) is 3.25. The van der Waals surface area contributed by atoms with Crippen LogP contribution in [0.3, 0.4) is 0 Å². The molecule has 0 atom stereocenters. The molecule has 1 amide bonds. The van der Waals surface area contributed by atoms with Gasteiger partial charge >= 0.3 is 0 Å². The minimum absolute atomic E-state index is 0.284. The Morgan fingerprint density at radius 3 is 2.66 bits per heavy atom. The van der Waals surface area contributed by atoms with Gasteiger partial charge in [-0.05, 0) is 54.6 Å². The minimum Gasteiger partial charge on any atom is -0.496 e. The fourth-order valence-corrected chi connectivity index (χ4v) is 2.86. The predicted octanol–water partition coefficient (Wildman–Crippen LogP) is 4.71. The number of hydrogen-bond donors (Lipinski definition) is 1. The van der Waals surface area contributed by atoms with Crippen molar-refractivity contribution in [1.82, 2.24) is 15.1 Å². The van der Waals surface area contributed by atoms with Crippen LogP contribution in [0, 0.1) is 0 Å². The first kappa shape index (κ1) is 18.6. The van der Waals surface area contributed by atoms with E-state index in [1.54, 1.807) is 74.0 Å². The van der Waals surface area contributed by atoms with Crippen molar-refractivity contribution in [2.24, 2.45) is 0 Å². The van der Waals surface area contributed by atoms with Gasteiger partial charge in [-0.25, -0.2) is 0 Å². The van der Waals surface area contributed by atoms with E-state index < -0.39 is 0 Å². The number of ether oxygens (including phenoxy) is 1. The van der Waals surface area contributed by atoms with Crippen molar-refractivity contribution >= 4 is 23.2 Å². The highest BCUT2D eigenvalue weighted by molar-refractivity contribution is 6.30. The molecule has 0 radical (unpaired) electrons. The number of benzene rings is 2. The Morgan fingerprint density at radius 2 is 1.93 bits per heavy atom. The summed E-state index contributed by atoms with van der Waals surface area (Å²) in [4.78, 5) is 20.6. The van der Waals surface area contributed by atoms with Gasteiger partial charge in [0.25, 0.3) is 11.8 Å². The maximum absolute atomic E-state index is 12.2. The number of nitrogens with zero attached hydrogens (tertiary/aromatic N) is 3. The first-order valence-electron chi connectivity index (χ1n) is 8.64. The van der Waals surface area contributed by atoms with E-state index in [2.05, 4.69) is 20.4 Å². The summed E-state index contributed by atoms with van der Waals surface area (Å²) in [7, 11) is 1.56. The van der Waals surface area contributed by atoms with Crippen LogP contribution in [0.1, 0.15) is 10.5 Å². The molecular weight excluding hydrogens is 392 g/mol. The topological polar surface area (TPSA) is 90.1 Å². The normalized spacial score (nSPS) is 10.6. The second kappa shape index (κ2) is 8.12. The third-order valence-electron chi connectivity index (χ3n) is 4.12. The van der Waals surface area contributed by atoms with E-state index in [0.29, 0.717) is 39.4 Å². The fourth-order valence-electron chi connectivity index (χ4n) is 2.69. The van der Waals surface area contributed by atoms with E-state index in [1.807, 2.05) is 0 Å². The van der Waals surface area contributed by atoms with Crippen LogP contribution in [0.4, 0.5) is 5.69 Å². The number of rotatable bonds is 5. The van der Waals surface area contributed by atoms with Crippen LogP contribution < -0.4 is 10.1 Å². The number of aromatic nitrogens is 3. The molecular formula is C21H15ClN4O3. The van der Waals surface area contributed by atoms with Crippen molar-refractivity contribution < 1.29 is 14.1 Å². The van der Waals surface area contributed by atoms with Crippen molar-refractivity contribution in [2.45, 2.75) is 0 Å². The minimum atomic E-state index is -0.284. The number of halogens is 1. The molecule has 0 fully saturated rings. The number of carbonyl (C=O) groups excluding carboxylic acids is 1. The maximum Gasteiger partial charge on any atom is 0.274 e. The zero-order valence-corrected chi connectivity index (χ0v) is 16.1. The lowest BCUT2D eigenvalue weighted by Gasteiger charge is -2.05. The highest BCUT2D eigenvalue weighted by Crippen LogP contribution is 2.32. The molecule has 8 heteroatoms. The predicted molar refractivity (Wildman–Crippen MR) is 109 cm³/mol. The molecule has 2 heterocycles. The Labute approximate surface area is 171 Å². The van der Waals surface area contributed by atoms with E-state index in [9.17, 15) is 4.79 Å². The van der Waals surface area contributed by atoms with Crippen molar-refractivity contribution in [2.75, 3.05) is 12.4 Å². The summed E-state index contributed by atoms with van der Waals surface area (Å²) in [6.07, 6.45) is 1.57. The summed E-state index contributed by atoms with van der Waals surface area (Å²) >= 11 is 6.07. The van der Waals surface area contributed by atoms with Gasteiger partial charge in [0.05, 0.1) is 12.7 Å². The number of hydrogen-bond acceptors (Lipinski definition) is 6. The number of nitrogens with one attached hydrogen (secondary N) is 1. The molecule has 0 saturated carbocycles. The lowest BCUT2D eigenvalue weighted by molar-refractivity contribution is 0.102. The Bertz CT molecular complexity index is 1140. The average molecular weight is 407 g/mol. The number of anilines is 1. The molecule has 144 valence electrons. The van der Waals surface area contributed by atoms with Crippen LogP contribution in [0.2, 0.25) is 5.02 Å². The molecule has 0 spiro atoms. The molecule has 4 aromatic rings. The van der Waals surface area contributed by atoms with E-state index in [0.717, 1.165) is 5.56 Å².